The van der Waals surface area contributed by atoms with Crippen LogP contribution in [0.3, 0.4) is 0 Å². The number of fused-ring (bicyclic) bond motifs is 1. The van der Waals surface area contributed by atoms with Crippen LogP contribution in [0, 0.1) is 0 Å². The smallest absolute Gasteiger partial charge is 0.245 e. The van der Waals surface area contributed by atoms with Crippen molar-refractivity contribution in [3.8, 4) is 0 Å². The van der Waals surface area contributed by atoms with Gasteiger partial charge in [-0.25, -0.2) is 8.42 Å². The largest absolute Gasteiger partial charge is 0.390 e. The minimum Gasteiger partial charge on any atom is -0.390 e. The zero-order chi connectivity index (χ0) is 14.3. The molecule has 3 rings (SSSR count). The summed E-state index contributed by atoms with van der Waals surface area (Å²) in [4.78, 5) is 0.261. The van der Waals surface area contributed by atoms with Gasteiger partial charge in [-0.15, -0.1) is 0 Å². The summed E-state index contributed by atoms with van der Waals surface area (Å²) in [7, 11) is -1.77. The molecule has 1 saturated heterocycles. The molecule has 2 atom stereocenters. The van der Waals surface area contributed by atoms with E-state index in [0.717, 1.165) is 19.3 Å². The van der Waals surface area contributed by atoms with Crippen LogP contribution >= 0.6 is 0 Å². The number of aliphatic hydroxyl groups excluding tert-OH is 1. The molecule has 2 unspecified atom stereocenters. The maximum atomic E-state index is 12.8. The Morgan fingerprint density at radius 2 is 2.25 bits per heavy atom. The summed E-state index contributed by atoms with van der Waals surface area (Å²) in [5.41, 5.74) is 0.597. The minimum absolute atomic E-state index is 0.0356. The third kappa shape index (κ3) is 2.18. The molecule has 1 aromatic rings. The highest BCUT2D eigenvalue weighted by Crippen LogP contribution is 2.33. The Balaban J connectivity index is 1.94. The van der Waals surface area contributed by atoms with Crippen molar-refractivity contribution in [1.29, 1.82) is 0 Å². The molecule has 0 radical (unpaired) electrons. The number of sulfonamides is 1. The summed E-state index contributed by atoms with van der Waals surface area (Å²) in [6.07, 6.45) is 4.43. The average Bonchev–Trinajstić information content (AvgIpc) is 3.04. The Morgan fingerprint density at radius 3 is 2.95 bits per heavy atom. The van der Waals surface area contributed by atoms with Gasteiger partial charge in [0.2, 0.25) is 10.0 Å². The third-order valence-corrected chi connectivity index (χ3v) is 6.17. The number of aryl methyl sites for hydroxylation is 1. The number of aromatic nitrogens is 1. The second-order valence-corrected chi connectivity index (χ2v) is 7.35. The zero-order valence-electron chi connectivity index (χ0n) is 11.5. The number of nitrogens with zero attached hydrogens (tertiary/aromatic N) is 2. The average molecular weight is 300 g/mol. The topological polar surface area (TPSA) is 71.8 Å². The maximum Gasteiger partial charge on any atom is 0.245 e. The Morgan fingerprint density at radius 1 is 1.45 bits per heavy atom. The molecule has 0 aromatic carbocycles. The summed E-state index contributed by atoms with van der Waals surface area (Å²) in [5.74, 6) is 0. The first kappa shape index (κ1) is 14.1. The van der Waals surface area contributed by atoms with E-state index in [2.05, 4.69) is 0 Å². The van der Waals surface area contributed by atoms with Crippen molar-refractivity contribution in [1.82, 2.24) is 8.87 Å². The van der Waals surface area contributed by atoms with E-state index in [-0.39, 0.29) is 23.6 Å². The van der Waals surface area contributed by atoms with Gasteiger partial charge < -0.3 is 14.4 Å². The first-order valence-corrected chi connectivity index (χ1v) is 8.37. The number of aliphatic hydroxyl groups is 1. The highest BCUT2D eigenvalue weighted by Gasteiger charge is 2.42. The van der Waals surface area contributed by atoms with Crippen molar-refractivity contribution in [3.63, 3.8) is 0 Å². The van der Waals surface area contributed by atoms with Crippen LogP contribution in [0.1, 0.15) is 25.0 Å². The predicted octanol–water partition coefficient (Wildman–Crippen LogP) is 0.459. The highest BCUT2D eigenvalue weighted by molar-refractivity contribution is 7.89. The van der Waals surface area contributed by atoms with E-state index in [4.69, 9.17) is 4.74 Å². The lowest BCUT2D eigenvalue weighted by Gasteiger charge is -2.36. The van der Waals surface area contributed by atoms with E-state index < -0.39 is 10.0 Å². The molecule has 0 spiro atoms. The van der Waals surface area contributed by atoms with Crippen molar-refractivity contribution in [3.05, 3.63) is 18.0 Å². The maximum absolute atomic E-state index is 12.8. The fourth-order valence-corrected chi connectivity index (χ4v) is 4.96. The van der Waals surface area contributed by atoms with Crippen molar-refractivity contribution < 1.29 is 18.3 Å². The molecule has 2 heterocycles. The first-order valence-electron chi connectivity index (χ1n) is 6.93. The molecule has 1 N–H and O–H groups in total. The Kier molecular flexibility index (Phi) is 3.62. The van der Waals surface area contributed by atoms with Crippen LogP contribution < -0.4 is 0 Å². The van der Waals surface area contributed by atoms with Gasteiger partial charge in [0.05, 0.1) is 25.4 Å². The number of hydrogen-bond acceptors (Lipinski definition) is 4. The fourth-order valence-electron chi connectivity index (χ4n) is 3.20. The fraction of sp³-hybridized carbons (Fsp3) is 0.692. The van der Waals surface area contributed by atoms with E-state index >= 15 is 0 Å². The zero-order valence-corrected chi connectivity index (χ0v) is 12.3. The van der Waals surface area contributed by atoms with Gasteiger partial charge >= 0.3 is 0 Å². The van der Waals surface area contributed by atoms with Gasteiger partial charge in [0.1, 0.15) is 4.90 Å². The van der Waals surface area contributed by atoms with Crippen molar-refractivity contribution in [2.45, 2.75) is 42.9 Å². The van der Waals surface area contributed by atoms with Crippen LogP contribution in [0.4, 0.5) is 0 Å². The van der Waals surface area contributed by atoms with Crippen LogP contribution in [-0.2, 0) is 28.4 Å². The molecule has 0 bridgehead atoms. The summed E-state index contributed by atoms with van der Waals surface area (Å²) in [5, 5.41) is 9.21. The molecule has 112 valence electrons. The van der Waals surface area contributed by atoms with Crippen LogP contribution in [-0.4, -0.2) is 47.7 Å². The van der Waals surface area contributed by atoms with Gasteiger partial charge in [0, 0.05) is 25.5 Å². The van der Waals surface area contributed by atoms with Crippen LogP contribution in [0.2, 0.25) is 0 Å². The van der Waals surface area contributed by atoms with E-state index in [0.29, 0.717) is 18.8 Å². The van der Waals surface area contributed by atoms with Gasteiger partial charge in [-0.2, -0.15) is 4.31 Å². The van der Waals surface area contributed by atoms with Gasteiger partial charge in [-0.1, -0.05) is 0 Å². The second-order valence-electron chi connectivity index (χ2n) is 5.46. The highest BCUT2D eigenvalue weighted by atomic mass is 32.2. The molecule has 1 aliphatic heterocycles. The molecule has 2 fully saturated rings. The molecule has 6 nitrogen and oxygen atoms in total. The van der Waals surface area contributed by atoms with E-state index in [9.17, 15) is 13.5 Å². The lowest BCUT2D eigenvalue weighted by Crippen LogP contribution is -2.51. The molecule has 1 aromatic heterocycles. The lowest BCUT2D eigenvalue weighted by molar-refractivity contribution is -0.0241. The summed E-state index contributed by atoms with van der Waals surface area (Å²) >= 11 is 0. The quantitative estimate of drug-likeness (QED) is 0.880. The van der Waals surface area contributed by atoms with Crippen molar-refractivity contribution in [2.24, 2.45) is 7.05 Å². The van der Waals surface area contributed by atoms with Gasteiger partial charge in [-0.3, -0.25) is 0 Å². The Labute approximate surface area is 119 Å². The number of ether oxygens (including phenoxy) is 1. The molecule has 2 aliphatic rings. The van der Waals surface area contributed by atoms with E-state index in [1.807, 2.05) is 0 Å². The van der Waals surface area contributed by atoms with E-state index in [1.165, 1.54) is 0 Å². The van der Waals surface area contributed by atoms with Crippen LogP contribution in [0.15, 0.2) is 17.2 Å². The molecule has 1 aliphatic carbocycles. The minimum atomic E-state index is -3.51. The van der Waals surface area contributed by atoms with Gasteiger partial charge in [-0.05, 0) is 25.3 Å². The van der Waals surface area contributed by atoms with Crippen molar-refractivity contribution >= 4 is 10.0 Å². The normalized spacial score (nSPS) is 27.7. The van der Waals surface area contributed by atoms with Gasteiger partial charge in [0.15, 0.2) is 0 Å². The summed E-state index contributed by atoms with van der Waals surface area (Å²) in [6.45, 7) is 0.703. The SMILES string of the molecule is Cn1cc(S(=O)(=O)N2CCOC3CCCC32)cc1CO. The number of hydrogen-bond donors (Lipinski definition) is 1. The Hall–Kier alpha value is -0.890. The molecular formula is C13H20N2O4S. The lowest BCUT2D eigenvalue weighted by atomic mass is 10.2. The summed E-state index contributed by atoms with van der Waals surface area (Å²) < 4.78 is 34.5. The van der Waals surface area contributed by atoms with Crippen LogP contribution in [0.5, 0.6) is 0 Å². The Bertz CT molecular complexity index is 596. The number of morpholine rings is 1. The predicted molar refractivity (Wildman–Crippen MR) is 72.6 cm³/mol. The second kappa shape index (κ2) is 5.14. The molecule has 7 heteroatoms. The molecular weight excluding hydrogens is 280 g/mol. The van der Waals surface area contributed by atoms with Gasteiger partial charge in [0.25, 0.3) is 0 Å². The molecule has 0 amide bonds. The summed E-state index contributed by atoms with van der Waals surface area (Å²) in [6, 6.07) is 1.51. The molecule has 1 saturated carbocycles. The van der Waals surface area contributed by atoms with E-state index in [1.54, 1.807) is 28.2 Å². The standard InChI is InChI=1S/C13H20N2O4S/c1-14-8-11(7-10(14)9-16)20(17,18)15-5-6-19-13-4-2-3-12(13)15/h7-8,12-13,16H,2-6,9H2,1H3. The third-order valence-electron chi connectivity index (χ3n) is 4.28. The molecule has 20 heavy (non-hydrogen) atoms. The first-order chi connectivity index (χ1) is 9.54. The van der Waals surface area contributed by atoms with Crippen LogP contribution in [0.25, 0.3) is 0 Å². The van der Waals surface area contributed by atoms with Crippen molar-refractivity contribution in [2.75, 3.05) is 13.2 Å². The number of rotatable bonds is 3. The monoisotopic (exact) mass is 300 g/mol.